The Bertz CT molecular complexity index is 548. The van der Waals surface area contributed by atoms with Gasteiger partial charge in [0.1, 0.15) is 5.82 Å². The van der Waals surface area contributed by atoms with Crippen LogP contribution in [0.3, 0.4) is 0 Å². The fourth-order valence-corrected chi connectivity index (χ4v) is 2.69. The number of anilines is 1. The Labute approximate surface area is 122 Å². The first-order valence-corrected chi connectivity index (χ1v) is 7.13. The predicted octanol–water partition coefficient (Wildman–Crippen LogP) is 3.32. The number of nitrogens with one attached hydrogen (secondary N) is 1. The van der Waals surface area contributed by atoms with Gasteiger partial charge < -0.3 is 15.3 Å². The average molecular weight is 294 g/mol. The molecule has 0 radical (unpaired) electrons. The minimum atomic E-state index is -1.20. The summed E-state index contributed by atoms with van der Waals surface area (Å²) in [7, 11) is 0. The third-order valence-corrected chi connectivity index (χ3v) is 3.81. The van der Waals surface area contributed by atoms with Crippen molar-refractivity contribution in [2.45, 2.75) is 38.6 Å². The summed E-state index contributed by atoms with van der Waals surface area (Å²) < 4.78 is 13.3. The van der Waals surface area contributed by atoms with Crippen LogP contribution in [0.25, 0.3) is 0 Å². The van der Waals surface area contributed by atoms with Crippen LogP contribution in [-0.2, 0) is 0 Å². The maximum Gasteiger partial charge on any atom is 0.337 e. The third-order valence-electron chi connectivity index (χ3n) is 3.81. The van der Waals surface area contributed by atoms with E-state index in [1.54, 1.807) is 4.90 Å². The number of carbonyl (C=O) groups is 2. The van der Waals surface area contributed by atoms with Crippen LogP contribution in [0.1, 0.15) is 43.0 Å². The second-order valence-electron chi connectivity index (χ2n) is 5.18. The lowest BCUT2D eigenvalue weighted by molar-refractivity contribution is 0.0698. The monoisotopic (exact) mass is 294 g/mol. The van der Waals surface area contributed by atoms with Crippen molar-refractivity contribution >= 4 is 17.7 Å². The molecular weight excluding hydrogens is 275 g/mol. The highest BCUT2D eigenvalue weighted by Gasteiger charge is 2.26. The maximum absolute atomic E-state index is 13.3. The Morgan fingerprint density at radius 1 is 1.43 bits per heavy atom. The summed E-state index contributed by atoms with van der Waals surface area (Å²) in [4.78, 5) is 25.2. The van der Waals surface area contributed by atoms with Gasteiger partial charge in [-0.3, -0.25) is 0 Å². The van der Waals surface area contributed by atoms with Crippen LogP contribution in [-0.4, -0.2) is 34.6 Å². The van der Waals surface area contributed by atoms with Crippen molar-refractivity contribution in [1.82, 2.24) is 4.90 Å². The SMILES string of the molecule is CCC1CCCCN1C(=O)Nc1cc(F)ccc1C(=O)O. The lowest BCUT2D eigenvalue weighted by Gasteiger charge is -2.35. The van der Waals surface area contributed by atoms with E-state index in [1.165, 1.54) is 0 Å². The van der Waals surface area contributed by atoms with Crippen molar-refractivity contribution in [2.75, 3.05) is 11.9 Å². The molecule has 2 N–H and O–H groups in total. The summed E-state index contributed by atoms with van der Waals surface area (Å²) in [6, 6.07) is 3.04. The van der Waals surface area contributed by atoms with Crippen LogP contribution in [0, 0.1) is 5.82 Å². The number of hydrogen-bond acceptors (Lipinski definition) is 2. The zero-order valence-electron chi connectivity index (χ0n) is 11.9. The molecule has 1 atom stereocenters. The van der Waals surface area contributed by atoms with Crippen molar-refractivity contribution in [2.24, 2.45) is 0 Å². The molecule has 6 heteroatoms. The number of halogens is 1. The van der Waals surface area contributed by atoms with Crippen molar-refractivity contribution in [3.05, 3.63) is 29.6 Å². The van der Waals surface area contributed by atoms with E-state index < -0.39 is 11.8 Å². The minimum absolute atomic E-state index is 0.00655. The molecule has 0 spiro atoms. The van der Waals surface area contributed by atoms with E-state index >= 15 is 0 Å². The summed E-state index contributed by atoms with van der Waals surface area (Å²) >= 11 is 0. The molecule has 2 amide bonds. The molecule has 2 rings (SSSR count). The number of nitrogens with zero attached hydrogens (tertiary/aromatic N) is 1. The predicted molar refractivity (Wildman–Crippen MR) is 77.0 cm³/mol. The first-order chi connectivity index (χ1) is 10.0. The van der Waals surface area contributed by atoms with E-state index in [0.29, 0.717) is 6.54 Å². The first kappa shape index (κ1) is 15.3. The number of urea groups is 1. The van der Waals surface area contributed by atoms with Crippen LogP contribution < -0.4 is 5.32 Å². The van der Waals surface area contributed by atoms with Crippen molar-refractivity contribution < 1.29 is 19.1 Å². The Balaban J connectivity index is 2.18. The number of likely N-dealkylation sites (tertiary alicyclic amines) is 1. The van der Waals surface area contributed by atoms with Gasteiger partial charge in [-0.2, -0.15) is 0 Å². The molecule has 5 nitrogen and oxygen atoms in total. The van der Waals surface area contributed by atoms with E-state index in [9.17, 15) is 14.0 Å². The van der Waals surface area contributed by atoms with Gasteiger partial charge in [0.05, 0.1) is 11.3 Å². The quantitative estimate of drug-likeness (QED) is 0.898. The zero-order valence-corrected chi connectivity index (χ0v) is 11.9. The summed E-state index contributed by atoms with van der Waals surface area (Å²) in [5, 5.41) is 11.6. The lowest BCUT2D eigenvalue weighted by Crippen LogP contribution is -2.45. The van der Waals surface area contributed by atoms with Gasteiger partial charge in [-0.25, -0.2) is 14.0 Å². The van der Waals surface area contributed by atoms with Gasteiger partial charge in [0, 0.05) is 12.6 Å². The molecule has 0 aliphatic carbocycles. The average Bonchev–Trinajstić information content (AvgIpc) is 2.46. The van der Waals surface area contributed by atoms with Crippen LogP contribution in [0.2, 0.25) is 0 Å². The van der Waals surface area contributed by atoms with Gasteiger partial charge >= 0.3 is 12.0 Å². The summed E-state index contributed by atoms with van der Waals surface area (Å²) in [5.41, 5.74) is -0.122. The lowest BCUT2D eigenvalue weighted by atomic mass is 10.0. The second-order valence-corrected chi connectivity index (χ2v) is 5.18. The highest BCUT2D eigenvalue weighted by molar-refractivity contribution is 6.00. The largest absolute Gasteiger partial charge is 0.478 e. The normalized spacial score (nSPS) is 18.4. The standard InChI is InChI=1S/C15H19FN2O3/c1-2-11-5-3-4-8-18(11)15(21)17-13-9-10(16)6-7-12(13)14(19)20/h6-7,9,11H,2-5,8H2,1H3,(H,17,21)(H,19,20). The number of rotatable bonds is 3. The smallest absolute Gasteiger partial charge is 0.337 e. The van der Waals surface area contributed by atoms with Crippen LogP contribution in [0.5, 0.6) is 0 Å². The van der Waals surface area contributed by atoms with E-state index in [-0.39, 0.29) is 23.3 Å². The van der Waals surface area contributed by atoms with Gasteiger partial charge in [0.2, 0.25) is 0 Å². The summed E-state index contributed by atoms with van der Waals surface area (Å²) in [6.07, 6.45) is 3.81. The van der Waals surface area contributed by atoms with Gasteiger partial charge in [-0.1, -0.05) is 6.92 Å². The van der Waals surface area contributed by atoms with Crippen LogP contribution in [0.15, 0.2) is 18.2 Å². The molecule has 1 heterocycles. The number of aromatic carboxylic acids is 1. The number of amides is 2. The Morgan fingerprint density at radius 3 is 2.86 bits per heavy atom. The Hall–Kier alpha value is -2.11. The molecule has 21 heavy (non-hydrogen) atoms. The summed E-state index contributed by atoms with van der Waals surface area (Å²) in [5.74, 6) is -1.78. The summed E-state index contributed by atoms with van der Waals surface area (Å²) in [6.45, 7) is 2.66. The fourth-order valence-electron chi connectivity index (χ4n) is 2.69. The molecule has 1 aliphatic heterocycles. The number of carboxylic acids is 1. The van der Waals surface area contributed by atoms with Crippen molar-refractivity contribution in [3.8, 4) is 0 Å². The molecule has 1 aromatic carbocycles. The van der Waals surface area contributed by atoms with Crippen LogP contribution in [0.4, 0.5) is 14.9 Å². The molecule has 0 saturated carbocycles. The number of hydrogen-bond donors (Lipinski definition) is 2. The highest BCUT2D eigenvalue weighted by Crippen LogP contribution is 2.22. The molecule has 1 aromatic rings. The fraction of sp³-hybridized carbons (Fsp3) is 0.467. The van der Waals surface area contributed by atoms with Gasteiger partial charge in [0.15, 0.2) is 0 Å². The van der Waals surface area contributed by atoms with E-state index in [2.05, 4.69) is 5.32 Å². The topological polar surface area (TPSA) is 69.6 Å². The second kappa shape index (κ2) is 6.56. The molecule has 0 aromatic heterocycles. The number of piperidine rings is 1. The van der Waals surface area contributed by atoms with Crippen molar-refractivity contribution in [3.63, 3.8) is 0 Å². The first-order valence-electron chi connectivity index (χ1n) is 7.13. The van der Waals surface area contributed by atoms with Crippen molar-refractivity contribution in [1.29, 1.82) is 0 Å². The Kier molecular flexibility index (Phi) is 4.77. The van der Waals surface area contributed by atoms with E-state index in [1.807, 2.05) is 6.92 Å². The number of benzene rings is 1. The molecule has 1 unspecified atom stereocenters. The molecular formula is C15H19FN2O3. The Morgan fingerprint density at radius 2 is 2.19 bits per heavy atom. The molecule has 1 saturated heterocycles. The molecule has 114 valence electrons. The minimum Gasteiger partial charge on any atom is -0.478 e. The highest BCUT2D eigenvalue weighted by atomic mass is 19.1. The van der Waals surface area contributed by atoms with E-state index in [4.69, 9.17) is 5.11 Å². The zero-order chi connectivity index (χ0) is 15.4. The molecule has 1 aliphatic rings. The van der Waals surface area contributed by atoms with Gasteiger partial charge in [-0.05, 0) is 43.9 Å². The number of carbonyl (C=O) groups excluding carboxylic acids is 1. The third kappa shape index (κ3) is 3.51. The van der Waals surface area contributed by atoms with E-state index in [0.717, 1.165) is 43.9 Å². The molecule has 1 fully saturated rings. The van der Waals surface area contributed by atoms with Gasteiger partial charge in [-0.15, -0.1) is 0 Å². The van der Waals surface area contributed by atoms with Gasteiger partial charge in [0.25, 0.3) is 0 Å². The van der Waals surface area contributed by atoms with Crippen LogP contribution >= 0.6 is 0 Å². The molecule has 0 bridgehead atoms. The number of carboxylic acid groups (broad SMARTS) is 1. The maximum atomic E-state index is 13.3.